The van der Waals surface area contributed by atoms with Gasteiger partial charge >= 0.3 is 0 Å². The van der Waals surface area contributed by atoms with Gasteiger partial charge in [0.25, 0.3) is 5.91 Å². The number of methoxy groups -OCH3 is 2. The molecule has 0 fully saturated rings. The van der Waals surface area contributed by atoms with Crippen LogP contribution in [0.4, 0.5) is 5.69 Å². The Bertz CT molecular complexity index is 977. The van der Waals surface area contributed by atoms with Crippen molar-refractivity contribution in [3.8, 4) is 21.9 Å². The van der Waals surface area contributed by atoms with Crippen LogP contribution < -0.4 is 14.8 Å². The number of rotatable bonds is 4. The summed E-state index contributed by atoms with van der Waals surface area (Å²) in [5.41, 5.74) is 4.48. The Morgan fingerprint density at radius 2 is 1.81 bits per heavy atom. The van der Waals surface area contributed by atoms with Gasteiger partial charge in [-0.25, -0.2) is 0 Å². The summed E-state index contributed by atoms with van der Waals surface area (Å²) in [6.45, 7) is 0. The number of thiophene rings is 1. The number of nitrogens with one attached hydrogen (secondary N) is 1. The molecule has 0 radical (unpaired) electrons. The summed E-state index contributed by atoms with van der Waals surface area (Å²) >= 11 is 1.55. The fraction of sp³-hybridized carbons (Fsp3) is 0.190. The van der Waals surface area contributed by atoms with E-state index in [9.17, 15) is 4.79 Å². The Kier molecular flexibility index (Phi) is 4.39. The van der Waals surface area contributed by atoms with Crippen molar-refractivity contribution in [3.63, 3.8) is 0 Å². The van der Waals surface area contributed by atoms with Crippen LogP contribution in [0.2, 0.25) is 0 Å². The Labute approximate surface area is 156 Å². The molecule has 0 aliphatic heterocycles. The molecule has 0 bridgehead atoms. The number of carbonyl (C=O) groups is 1. The van der Waals surface area contributed by atoms with Crippen LogP contribution in [-0.2, 0) is 12.8 Å². The fourth-order valence-corrected chi connectivity index (χ4v) is 4.44. The highest BCUT2D eigenvalue weighted by Crippen LogP contribution is 2.40. The van der Waals surface area contributed by atoms with E-state index in [0.29, 0.717) is 22.1 Å². The van der Waals surface area contributed by atoms with Crippen LogP contribution in [0.3, 0.4) is 0 Å². The highest BCUT2D eigenvalue weighted by Gasteiger charge is 2.21. The highest BCUT2D eigenvalue weighted by atomic mass is 32.1. The van der Waals surface area contributed by atoms with E-state index in [1.54, 1.807) is 43.8 Å². The van der Waals surface area contributed by atoms with Gasteiger partial charge in [-0.05, 0) is 47.7 Å². The molecular weight excluding hydrogens is 346 g/mol. The van der Waals surface area contributed by atoms with E-state index in [1.807, 2.05) is 6.07 Å². The second kappa shape index (κ2) is 6.84. The van der Waals surface area contributed by atoms with Crippen molar-refractivity contribution >= 4 is 22.9 Å². The molecule has 0 saturated carbocycles. The third-order valence-corrected chi connectivity index (χ3v) is 5.82. The minimum Gasteiger partial charge on any atom is -0.497 e. The van der Waals surface area contributed by atoms with Crippen LogP contribution in [0, 0.1) is 0 Å². The van der Waals surface area contributed by atoms with E-state index in [2.05, 4.69) is 29.6 Å². The number of ether oxygens (including phenoxy) is 2. The van der Waals surface area contributed by atoms with Gasteiger partial charge in [0.15, 0.2) is 0 Å². The maximum Gasteiger partial charge on any atom is 0.265 e. The third kappa shape index (κ3) is 2.95. The topological polar surface area (TPSA) is 47.6 Å². The van der Waals surface area contributed by atoms with Crippen LogP contribution >= 0.6 is 11.3 Å². The van der Waals surface area contributed by atoms with Gasteiger partial charge in [-0.3, -0.25) is 4.79 Å². The van der Waals surface area contributed by atoms with Crippen LogP contribution in [0.1, 0.15) is 20.8 Å². The zero-order valence-corrected chi connectivity index (χ0v) is 15.5. The first kappa shape index (κ1) is 16.7. The average Bonchev–Trinajstić information content (AvgIpc) is 3.13. The van der Waals surface area contributed by atoms with Crippen molar-refractivity contribution in [3.05, 3.63) is 64.5 Å². The lowest BCUT2D eigenvalue weighted by molar-refractivity contribution is 0.103. The number of hydrogen-bond donors (Lipinski definition) is 1. The van der Waals surface area contributed by atoms with Gasteiger partial charge in [-0.1, -0.05) is 24.3 Å². The van der Waals surface area contributed by atoms with Gasteiger partial charge in [0.1, 0.15) is 11.5 Å². The fourth-order valence-electron chi connectivity index (χ4n) is 3.27. The molecule has 0 atom stereocenters. The summed E-state index contributed by atoms with van der Waals surface area (Å²) in [7, 11) is 3.17. The number of aryl methyl sites for hydroxylation is 2. The summed E-state index contributed by atoms with van der Waals surface area (Å²) in [6, 6.07) is 15.8. The number of anilines is 1. The molecule has 4 rings (SSSR count). The third-order valence-electron chi connectivity index (χ3n) is 4.62. The molecule has 0 saturated heterocycles. The summed E-state index contributed by atoms with van der Waals surface area (Å²) in [6.07, 6.45) is 2.00. The molecule has 1 amide bonds. The summed E-state index contributed by atoms with van der Waals surface area (Å²) in [5.74, 6) is 1.14. The molecule has 3 aromatic rings. The molecule has 132 valence electrons. The number of fused-ring (bicyclic) bond motifs is 3. The number of hydrogen-bond acceptors (Lipinski definition) is 4. The highest BCUT2D eigenvalue weighted by molar-refractivity contribution is 7.17. The summed E-state index contributed by atoms with van der Waals surface area (Å²) < 4.78 is 10.6. The van der Waals surface area contributed by atoms with Gasteiger partial charge in [-0.2, -0.15) is 0 Å². The quantitative estimate of drug-likeness (QED) is 0.723. The lowest BCUT2D eigenvalue weighted by Gasteiger charge is -2.15. The number of amides is 1. The second-order valence-electron chi connectivity index (χ2n) is 6.14. The molecule has 1 aliphatic rings. The molecule has 4 nitrogen and oxygen atoms in total. The molecule has 0 unspecified atom stereocenters. The maximum atomic E-state index is 12.8. The predicted octanol–water partition coefficient (Wildman–Crippen LogP) is 4.78. The van der Waals surface area contributed by atoms with Crippen molar-refractivity contribution in [1.82, 2.24) is 0 Å². The van der Waals surface area contributed by atoms with E-state index >= 15 is 0 Å². The van der Waals surface area contributed by atoms with E-state index in [4.69, 9.17) is 9.47 Å². The Morgan fingerprint density at radius 3 is 2.62 bits per heavy atom. The van der Waals surface area contributed by atoms with Gasteiger partial charge in [0.05, 0.1) is 24.8 Å². The second-order valence-corrected chi connectivity index (χ2v) is 7.19. The summed E-state index contributed by atoms with van der Waals surface area (Å²) in [4.78, 5) is 14.7. The largest absolute Gasteiger partial charge is 0.497 e. The SMILES string of the molecule is COc1ccc(NC(=O)c2cc3c(s2)-c2ccccc2CC3)c(OC)c1. The van der Waals surface area contributed by atoms with Crippen molar-refractivity contribution in [2.75, 3.05) is 19.5 Å². The van der Waals surface area contributed by atoms with Gasteiger partial charge in [0, 0.05) is 10.9 Å². The van der Waals surface area contributed by atoms with Crippen molar-refractivity contribution in [2.45, 2.75) is 12.8 Å². The molecule has 1 aliphatic carbocycles. The van der Waals surface area contributed by atoms with E-state index in [-0.39, 0.29) is 5.91 Å². The van der Waals surface area contributed by atoms with Crippen LogP contribution in [0.15, 0.2) is 48.5 Å². The Hall–Kier alpha value is -2.79. The monoisotopic (exact) mass is 365 g/mol. The first-order chi connectivity index (χ1) is 12.7. The number of benzene rings is 2. The Morgan fingerprint density at radius 1 is 1.00 bits per heavy atom. The van der Waals surface area contributed by atoms with Gasteiger partial charge < -0.3 is 14.8 Å². The summed E-state index contributed by atoms with van der Waals surface area (Å²) in [5, 5.41) is 2.95. The molecule has 1 N–H and O–H groups in total. The normalized spacial score (nSPS) is 12.1. The maximum absolute atomic E-state index is 12.8. The first-order valence-electron chi connectivity index (χ1n) is 8.44. The standard InChI is InChI=1S/C21H19NO3S/c1-24-15-9-10-17(18(12-15)25-2)22-21(23)19-11-14-8-7-13-5-3-4-6-16(13)20(14)26-19/h3-6,9-12H,7-8H2,1-2H3,(H,22,23). The van der Waals surface area contributed by atoms with Crippen LogP contribution in [0.5, 0.6) is 11.5 Å². The lowest BCUT2D eigenvalue weighted by atomic mass is 9.91. The molecular formula is C21H19NO3S. The van der Waals surface area contributed by atoms with Crippen molar-refractivity contribution in [2.24, 2.45) is 0 Å². The molecule has 1 aromatic heterocycles. The Balaban J connectivity index is 1.62. The zero-order valence-electron chi connectivity index (χ0n) is 14.7. The molecule has 0 spiro atoms. The average molecular weight is 365 g/mol. The zero-order chi connectivity index (χ0) is 18.1. The van der Waals surface area contributed by atoms with E-state index in [1.165, 1.54) is 21.6 Å². The predicted molar refractivity (Wildman–Crippen MR) is 105 cm³/mol. The van der Waals surface area contributed by atoms with E-state index < -0.39 is 0 Å². The molecule has 26 heavy (non-hydrogen) atoms. The first-order valence-corrected chi connectivity index (χ1v) is 9.25. The minimum atomic E-state index is -0.120. The molecule has 1 heterocycles. The molecule has 5 heteroatoms. The van der Waals surface area contributed by atoms with Crippen LogP contribution in [0.25, 0.3) is 10.4 Å². The van der Waals surface area contributed by atoms with Crippen molar-refractivity contribution in [1.29, 1.82) is 0 Å². The number of carbonyl (C=O) groups excluding carboxylic acids is 1. The van der Waals surface area contributed by atoms with E-state index in [0.717, 1.165) is 12.8 Å². The minimum absolute atomic E-state index is 0.120. The van der Waals surface area contributed by atoms with Crippen molar-refractivity contribution < 1.29 is 14.3 Å². The van der Waals surface area contributed by atoms with Gasteiger partial charge in [0.2, 0.25) is 0 Å². The lowest BCUT2D eigenvalue weighted by Crippen LogP contribution is -2.11. The molecule has 2 aromatic carbocycles. The van der Waals surface area contributed by atoms with Gasteiger partial charge in [-0.15, -0.1) is 11.3 Å². The smallest absolute Gasteiger partial charge is 0.265 e. The van der Waals surface area contributed by atoms with Crippen LogP contribution in [-0.4, -0.2) is 20.1 Å².